The molecule has 21 heavy (non-hydrogen) atoms. The Bertz CT molecular complexity index is 625. The molecule has 0 aliphatic heterocycles. The summed E-state index contributed by atoms with van der Waals surface area (Å²) in [6, 6.07) is 0. The van der Waals surface area contributed by atoms with E-state index >= 15 is 0 Å². The van der Waals surface area contributed by atoms with Crippen LogP contribution in [0.2, 0.25) is 0 Å². The average molecular weight is 308 g/mol. The highest BCUT2D eigenvalue weighted by molar-refractivity contribution is 7.99. The summed E-state index contributed by atoms with van der Waals surface area (Å²) in [4.78, 5) is 16.3. The van der Waals surface area contributed by atoms with Crippen molar-refractivity contribution in [2.45, 2.75) is 50.6 Å². The molecule has 1 amide bonds. The van der Waals surface area contributed by atoms with Crippen LogP contribution >= 0.6 is 11.8 Å². The Kier molecular flexibility index (Phi) is 4.36. The monoisotopic (exact) mass is 308 g/mol. The summed E-state index contributed by atoms with van der Waals surface area (Å²) < 4.78 is 1.75. The molecule has 0 saturated carbocycles. The first-order chi connectivity index (χ1) is 9.75. The minimum Gasteiger partial charge on any atom is -0.291 e. The summed E-state index contributed by atoms with van der Waals surface area (Å²) in [7, 11) is 0. The van der Waals surface area contributed by atoms with Crippen LogP contribution in [-0.2, 0) is 5.54 Å². The maximum atomic E-state index is 12.1. The molecule has 2 heterocycles. The maximum Gasteiger partial charge on any atom is 0.261 e. The number of H-pyrrole nitrogens is 1. The number of hydrogen-bond acceptors (Lipinski definition) is 5. The summed E-state index contributed by atoms with van der Waals surface area (Å²) in [5.74, 6) is 0.0782. The van der Waals surface area contributed by atoms with Gasteiger partial charge >= 0.3 is 0 Å². The van der Waals surface area contributed by atoms with Crippen LogP contribution in [0.4, 0.5) is 5.95 Å². The van der Waals surface area contributed by atoms with E-state index in [-0.39, 0.29) is 11.4 Å². The Labute approximate surface area is 127 Å². The lowest BCUT2D eigenvalue weighted by atomic mass is 10.1. The third-order valence-electron chi connectivity index (χ3n) is 2.57. The summed E-state index contributed by atoms with van der Waals surface area (Å²) in [5, 5.41) is 14.6. The molecule has 0 spiro atoms. The van der Waals surface area contributed by atoms with Crippen LogP contribution in [0.3, 0.4) is 0 Å². The number of thioether (sulfide) groups is 1. The van der Waals surface area contributed by atoms with E-state index in [2.05, 4.69) is 39.4 Å². The molecule has 2 rings (SSSR count). The zero-order chi connectivity index (χ0) is 15.6. The minimum absolute atomic E-state index is 0.161. The fraction of sp³-hybridized carbons (Fsp3) is 0.538. The van der Waals surface area contributed by atoms with E-state index in [1.165, 1.54) is 11.8 Å². The van der Waals surface area contributed by atoms with Gasteiger partial charge in [0, 0.05) is 11.4 Å². The highest BCUT2D eigenvalue weighted by atomic mass is 32.2. The van der Waals surface area contributed by atoms with Gasteiger partial charge in [-0.2, -0.15) is 10.1 Å². The number of anilines is 1. The van der Waals surface area contributed by atoms with Crippen molar-refractivity contribution in [2.75, 3.05) is 5.32 Å². The SMILES string of the molecule is CC(C)Sc1n[nH]c(NC(=O)c2cnn(C(C)(C)C)c2)n1. The Morgan fingerprint density at radius 2 is 2.14 bits per heavy atom. The summed E-state index contributed by atoms with van der Waals surface area (Å²) in [6.07, 6.45) is 3.26. The van der Waals surface area contributed by atoms with Crippen molar-refractivity contribution in [1.82, 2.24) is 25.0 Å². The lowest BCUT2D eigenvalue weighted by molar-refractivity contribution is 0.102. The molecule has 2 aromatic rings. The van der Waals surface area contributed by atoms with Crippen molar-refractivity contribution in [1.29, 1.82) is 0 Å². The summed E-state index contributed by atoms with van der Waals surface area (Å²) >= 11 is 1.53. The highest BCUT2D eigenvalue weighted by Gasteiger charge is 2.17. The molecule has 7 nitrogen and oxygen atoms in total. The number of carbonyl (C=O) groups is 1. The Morgan fingerprint density at radius 1 is 1.43 bits per heavy atom. The number of carbonyl (C=O) groups excluding carboxylic acids is 1. The van der Waals surface area contributed by atoms with Crippen molar-refractivity contribution < 1.29 is 4.79 Å². The van der Waals surface area contributed by atoms with E-state index in [0.29, 0.717) is 21.9 Å². The lowest BCUT2D eigenvalue weighted by Crippen LogP contribution is -2.22. The second-order valence-corrected chi connectivity index (χ2v) is 7.48. The van der Waals surface area contributed by atoms with Crippen molar-refractivity contribution >= 4 is 23.6 Å². The topological polar surface area (TPSA) is 88.5 Å². The normalized spacial score (nSPS) is 11.9. The van der Waals surface area contributed by atoms with Crippen LogP contribution < -0.4 is 5.32 Å². The van der Waals surface area contributed by atoms with Gasteiger partial charge in [0.05, 0.1) is 17.3 Å². The predicted molar refractivity (Wildman–Crippen MR) is 82.6 cm³/mol. The van der Waals surface area contributed by atoms with Crippen molar-refractivity contribution in [2.24, 2.45) is 0 Å². The molecule has 0 aliphatic rings. The Hall–Kier alpha value is -1.83. The summed E-state index contributed by atoms with van der Waals surface area (Å²) in [5.41, 5.74) is 0.325. The molecule has 0 aliphatic carbocycles. The van der Waals surface area contributed by atoms with Gasteiger partial charge in [-0.15, -0.1) is 5.10 Å². The number of rotatable bonds is 4. The third kappa shape index (κ3) is 4.07. The van der Waals surface area contributed by atoms with E-state index in [1.54, 1.807) is 17.1 Å². The first-order valence-electron chi connectivity index (χ1n) is 6.71. The Balaban J connectivity index is 2.04. The first kappa shape index (κ1) is 15.6. The molecule has 8 heteroatoms. The molecule has 0 atom stereocenters. The van der Waals surface area contributed by atoms with Gasteiger partial charge in [0.15, 0.2) is 0 Å². The van der Waals surface area contributed by atoms with Gasteiger partial charge in [0.1, 0.15) is 0 Å². The lowest BCUT2D eigenvalue weighted by Gasteiger charge is -2.18. The van der Waals surface area contributed by atoms with Crippen LogP contribution in [0.15, 0.2) is 17.6 Å². The van der Waals surface area contributed by atoms with Crippen molar-refractivity contribution in [3.63, 3.8) is 0 Å². The van der Waals surface area contributed by atoms with E-state index in [9.17, 15) is 4.79 Å². The van der Waals surface area contributed by atoms with E-state index in [4.69, 9.17) is 0 Å². The number of amides is 1. The third-order valence-corrected chi connectivity index (χ3v) is 3.43. The molecule has 114 valence electrons. The van der Waals surface area contributed by atoms with Gasteiger partial charge in [-0.3, -0.25) is 14.8 Å². The Morgan fingerprint density at radius 3 is 2.71 bits per heavy atom. The van der Waals surface area contributed by atoms with Gasteiger partial charge in [0.2, 0.25) is 11.1 Å². The first-order valence-corrected chi connectivity index (χ1v) is 7.59. The quantitative estimate of drug-likeness (QED) is 0.847. The zero-order valence-electron chi connectivity index (χ0n) is 12.8. The largest absolute Gasteiger partial charge is 0.291 e. The van der Waals surface area contributed by atoms with Crippen LogP contribution in [-0.4, -0.2) is 36.1 Å². The average Bonchev–Trinajstić information content (AvgIpc) is 2.96. The zero-order valence-corrected chi connectivity index (χ0v) is 13.7. The van der Waals surface area contributed by atoms with Crippen LogP contribution in [0.1, 0.15) is 45.0 Å². The number of nitrogens with one attached hydrogen (secondary N) is 2. The second-order valence-electron chi connectivity index (χ2n) is 5.93. The van der Waals surface area contributed by atoms with Crippen LogP contribution in [0, 0.1) is 0 Å². The minimum atomic E-state index is -0.261. The molecule has 0 aromatic carbocycles. The fourth-order valence-corrected chi connectivity index (χ4v) is 2.22. The number of aromatic amines is 1. The van der Waals surface area contributed by atoms with Gasteiger partial charge < -0.3 is 0 Å². The molecular weight excluding hydrogens is 288 g/mol. The molecule has 2 N–H and O–H groups in total. The maximum absolute atomic E-state index is 12.1. The molecule has 0 fully saturated rings. The van der Waals surface area contributed by atoms with Gasteiger partial charge in [-0.1, -0.05) is 25.6 Å². The standard InChI is InChI=1S/C13H20N6OS/c1-8(2)21-12-16-11(17-18-12)15-10(20)9-6-14-19(7-9)13(3,4)5/h6-8H,1-5H3,(H2,15,16,17,18,20). The fourth-order valence-electron chi connectivity index (χ4n) is 1.55. The number of hydrogen-bond donors (Lipinski definition) is 2. The van der Waals surface area contributed by atoms with Gasteiger partial charge in [-0.25, -0.2) is 5.10 Å². The van der Waals surface area contributed by atoms with Gasteiger partial charge in [0.25, 0.3) is 5.91 Å². The number of nitrogens with zero attached hydrogens (tertiary/aromatic N) is 4. The van der Waals surface area contributed by atoms with Crippen molar-refractivity contribution in [3.8, 4) is 0 Å². The molecule has 0 radical (unpaired) electrons. The number of aromatic nitrogens is 5. The van der Waals surface area contributed by atoms with E-state index < -0.39 is 0 Å². The van der Waals surface area contributed by atoms with E-state index in [1.807, 2.05) is 20.8 Å². The second kappa shape index (κ2) is 5.88. The van der Waals surface area contributed by atoms with Gasteiger partial charge in [-0.05, 0) is 20.8 Å². The predicted octanol–water partition coefficient (Wildman–Crippen LogP) is 2.51. The van der Waals surface area contributed by atoms with Crippen LogP contribution in [0.25, 0.3) is 0 Å². The summed E-state index contributed by atoms with van der Waals surface area (Å²) in [6.45, 7) is 10.2. The van der Waals surface area contributed by atoms with E-state index in [0.717, 1.165) is 0 Å². The molecule has 0 unspecified atom stereocenters. The molecule has 0 saturated heterocycles. The molecule has 2 aromatic heterocycles. The van der Waals surface area contributed by atoms with Crippen LogP contribution in [0.5, 0.6) is 0 Å². The molecule has 0 bridgehead atoms. The highest BCUT2D eigenvalue weighted by Crippen LogP contribution is 2.19. The molecular formula is C13H20N6OS. The van der Waals surface area contributed by atoms with Crippen molar-refractivity contribution in [3.05, 3.63) is 18.0 Å². The smallest absolute Gasteiger partial charge is 0.261 e.